The molecule has 0 amide bonds. The molecule has 0 aliphatic rings. The fourth-order valence-corrected chi connectivity index (χ4v) is 1.05. The molecule has 2 N–H and O–H groups in total. The number of allylic oxidation sites excluding steroid dienone is 5. The molecule has 0 saturated carbocycles. The quantitative estimate of drug-likeness (QED) is 0.768. The monoisotopic (exact) mass is 243 g/mol. The van der Waals surface area contributed by atoms with E-state index in [9.17, 15) is 0 Å². The van der Waals surface area contributed by atoms with Crippen LogP contribution in [0, 0.1) is 0 Å². The number of hydrogen-bond acceptors (Lipinski definition) is 1. The largest absolute Gasteiger partial charge is 0.333 e. The van der Waals surface area contributed by atoms with Crippen molar-refractivity contribution in [3.05, 3.63) is 78.9 Å². The molecule has 0 aliphatic carbocycles. The molecular formula is C17H25N. The molecular weight excluding hydrogens is 218 g/mol. The van der Waals surface area contributed by atoms with Crippen molar-refractivity contribution in [2.75, 3.05) is 7.05 Å². The average Bonchev–Trinajstić information content (AvgIpc) is 2.49. The molecule has 98 valence electrons. The van der Waals surface area contributed by atoms with E-state index in [1.54, 1.807) is 12.2 Å². The minimum absolute atomic E-state index is 1.03. The number of hydrogen-bond donors (Lipinski definition) is 1. The lowest BCUT2D eigenvalue weighted by Crippen LogP contribution is -1.69. The summed E-state index contributed by atoms with van der Waals surface area (Å²) in [6.07, 6.45) is 9.58. The van der Waals surface area contributed by atoms with E-state index in [0.29, 0.717) is 0 Å². The van der Waals surface area contributed by atoms with Crippen LogP contribution < -0.4 is 5.73 Å². The molecule has 1 heteroatoms. The van der Waals surface area contributed by atoms with Gasteiger partial charge in [-0.15, -0.1) is 0 Å². The van der Waals surface area contributed by atoms with Crippen molar-refractivity contribution in [1.82, 2.24) is 0 Å². The van der Waals surface area contributed by atoms with Gasteiger partial charge >= 0.3 is 0 Å². The van der Waals surface area contributed by atoms with E-state index in [2.05, 4.69) is 31.0 Å². The molecule has 0 fully saturated rings. The van der Waals surface area contributed by atoms with Crippen molar-refractivity contribution >= 4 is 6.08 Å². The second kappa shape index (κ2) is 15.1. The number of benzene rings is 1. The van der Waals surface area contributed by atoms with Crippen LogP contribution in [0.4, 0.5) is 0 Å². The lowest BCUT2D eigenvalue weighted by molar-refractivity contribution is 1.48. The number of rotatable bonds is 4. The van der Waals surface area contributed by atoms with Crippen LogP contribution in [0.25, 0.3) is 6.08 Å². The Balaban J connectivity index is 0. The Morgan fingerprint density at radius 1 is 1.00 bits per heavy atom. The van der Waals surface area contributed by atoms with Gasteiger partial charge in [-0.1, -0.05) is 87.7 Å². The van der Waals surface area contributed by atoms with Gasteiger partial charge in [0, 0.05) is 0 Å². The van der Waals surface area contributed by atoms with Gasteiger partial charge in [-0.3, -0.25) is 0 Å². The third-order valence-electron chi connectivity index (χ3n) is 1.85. The molecule has 0 saturated heterocycles. The zero-order chi connectivity index (χ0) is 14.2. The Hall–Kier alpha value is -1.86. The van der Waals surface area contributed by atoms with Crippen molar-refractivity contribution in [1.29, 1.82) is 0 Å². The van der Waals surface area contributed by atoms with Crippen molar-refractivity contribution < 1.29 is 0 Å². The van der Waals surface area contributed by atoms with Crippen LogP contribution in [0.3, 0.4) is 0 Å². The Kier molecular flexibility index (Phi) is 15.6. The lowest BCUT2D eigenvalue weighted by atomic mass is 10.2. The summed E-state index contributed by atoms with van der Waals surface area (Å²) < 4.78 is 0. The summed E-state index contributed by atoms with van der Waals surface area (Å²) in [4.78, 5) is 0. The fourth-order valence-electron chi connectivity index (χ4n) is 1.05. The van der Waals surface area contributed by atoms with Gasteiger partial charge in [0.05, 0.1) is 0 Å². The average molecular weight is 243 g/mol. The molecule has 1 nitrogen and oxygen atoms in total. The van der Waals surface area contributed by atoms with Gasteiger partial charge in [-0.25, -0.2) is 0 Å². The van der Waals surface area contributed by atoms with Gasteiger partial charge < -0.3 is 5.73 Å². The topological polar surface area (TPSA) is 26.0 Å². The summed E-state index contributed by atoms with van der Waals surface area (Å²) in [5, 5.41) is 0. The first-order valence-electron chi connectivity index (χ1n) is 6.13. The highest BCUT2D eigenvalue weighted by Crippen LogP contribution is 2.03. The van der Waals surface area contributed by atoms with Gasteiger partial charge in [0.2, 0.25) is 0 Å². The first-order valence-corrected chi connectivity index (χ1v) is 6.13. The minimum atomic E-state index is 1.03. The molecule has 0 unspecified atom stereocenters. The van der Waals surface area contributed by atoms with Gasteiger partial charge in [0.15, 0.2) is 0 Å². The molecule has 0 atom stereocenters. The summed E-state index contributed by atoms with van der Waals surface area (Å²) in [6, 6.07) is 10.2. The van der Waals surface area contributed by atoms with Crippen LogP contribution >= 0.6 is 0 Å². The summed E-state index contributed by atoms with van der Waals surface area (Å²) >= 11 is 0. The predicted molar refractivity (Wildman–Crippen MR) is 85.4 cm³/mol. The van der Waals surface area contributed by atoms with Crippen LogP contribution in [0.5, 0.6) is 0 Å². The van der Waals surface area contributed by atoms with E-state index in [-0.39, 0.29) is 0 Å². The fraction of sp³-hybridized carbons (Fsp3) is 0.176. The number of nitrogens with two attached hydrogens (primary N) is 1. The van der Waals surface area contributed by atoms with Crippen LogP contribution in [-0.2, 0) is 0 Å². The van der Waals surface area contributed by atoms with Gasteiger partial charge in [-0.05, 0) is 18.2 Å². The molecule has 0 aromatic heterocycles. The summed E-state index contributed by atoms with van der Waals surface area (Å²) in [7, 11) is 1.50. The highest BCUT2D eigenvalue weighted by atomic mass is 14.4. The van der Waals surface area contributed by atoms with Gasteiger partial charge in [0.25, 0.3) is 0 Å². The Morgan fingerprint density at radius 2 is 1.50 bits per heavy atom. The summed E-state index contributed by atoms with van der Waals surface area (Å²) in [5.41, 5.74) is 6.72. The van der Waals surface area contributed by atoms with Crippen LogP contribution in [0.15, 0.2) is 73.4 Å². The molecule has 0 aliphatic heterocycles. The highest BCUT2D eigenvalue weighted by molar-refractivity contribution is 5.51. The second-order valence-electron chi connectivity index (χ2n) is 2.84. The van der Waals surface area contributed by atoms with Crippen LogP contribution in [-0.4, -0.2) is 7.05 Å². The summed E-state index contributed by atoms with van der Waals surface area (Å²) in [6.45, 7) is 11.4. The first-order chi connectivity index (χ1) is 8.86. The van der Waals surface area contributed by atoms with Crippen molar-refractivity contribution in [3.63, 3.8) is 0 Å². The van der Waals surface area contributed by atoms with Crippen molar-refractivity contribution in [2.24, 2.45) is 5.73 Å². The Bertz CT molecular complexity index is 348. The first kappa shape index (κ1) is 18.5. The normalized spacial score (nSPS) is 8.22. The molecule has 0 bridgehead atoms. The molecule has 0 heterocycles. The zero-order valence-electron chi connectivity index (χ0n) is 11.8. The third-order valence-corrected chi connectivity index (χ3v) is 1.85. The van der Waals surface area contributed by atoms with Gasteiger partial charge in [0.1, 0.15) is 0 Å². The SMILES string of the molecule is C=CC(C=C)=C/C=C/c1ccccc1.CC.CN. The molecule has 1 aromatic carbocycles. The standard InChI is InChI=1S/C14H14.C2H6.CH5N/c1-3-13(4-2)11-8-12-14-9-6-5-7-10-14;2*1-2/h3-12H,1-2H2;1-2H3;2H2,1H3/b12-8+;;. The molecule has 0 spiro atoms. The van der Waals surface area contributed by atoms with Crippen LogP contribution in [0.1, 0.15) is 19.4 Å². The van der Waals surface area contributed by atoms with E-state index in [1.807, 2.05) is 50.3 Å². The Morgan fingerprint density at radius 3 is 1.94 bits per heavy atom. The van der Waals surface area contributed by atoms with Gasteiger partial charge in [-0.2, -0.15) is 0 Å². The maximum absolute atomic E-state index is 4.50. The third kappa shape index (κ3) is 9.37. The molecule has 1 aromatic rings. The van der Waals surface area contributed by atoms with E-state index in [4.69, 9.17) is 0 Å². The molecule has 0 radical (unpaired) electrons. The predicted octanol–water partition coefficient (Wildman–Crippen LogP) is 4.60. The second-order valence-corrected chi connectivity index (χ2v) is 2.84. The maximum Gasteiger partial charge on any atom is -0.0195 e. The maximum atomic E-state index is 4.50. The zero-order valence-corrected chi connectivity index (χ0v) is 11.8. The van der Waals surface area contributed by atoms with E-state index < -0.39 is 0 Å². The highest BCUT2D eigenvalue weighted by Gasteiger charge is 1.81. The van der Waals surface area contributed by atoms with E-state index >= 15 is 0 Å². The van der Waals surface area contributed by atoms with Crippen molar-refractivity contribution in [2.45, 2.75) is 13.8 Å². The van der Waals surface area contributed by atoms with Crippen LogP contribution in [0.2, 0.25) is 0 Å². The van der Waals surface area contributed by atoms with E-state index in [1.165, 1.54) is 12.6 Å². The van der Waals surface area contributed by atoms with Crippen molar-refractivity contribution in [3.8, 4) is 0 Å². The summed E-state index contributed by atoms with van der Waals surface area (Å²) in [5.74, 6) is 0. The lowest BCUT2D eigenvalue weighted by Gasteiger charge is -1.90. The smallest absolute Gasteiger partial charge is 0.0195 e. The molecule has 1 rings (SSSR count). The minimum Gasteiger partial charge on any atom is -0.333 e. The van der Waals surface area contributed by atoms with E-state index in [0.717, 1.165) is 5.57 Å². The Labute approximate surface area is 112 Å². The molecule has 18 heavy (non-hydrogen) atoms.